The van der Waals surface area contributed by atoms with Gasteiger partial charge in [0.25, 0.3) is 0 Å². The highest BCUT2D eigenvalue weighted by Crippen LogP contribution is 2.20. The van der Waals surface area contributed by atoms with E-state index in [0.717, 1.165) is 0 Å². The summed E-state index contributed by atoms with van der Waals surface area (Å²) in [6, 6.07) is -3.98. The van der Waals surface area contributed by atoms with Gasteiger partial charge in [-0.15, -0.1) is 0 Å². The largest absolute Gasteiger partial charge is 0.481 e. The minimum Gasteiger partial charge on any atom is -0.481 e. The highest BCUT2D eigenvalue weighted by atomic mass is 16.4. The molecule has 1 rings (SSSR count). The SMILES string of the molecule is CCC(C)C(NC(=O)C(N)CCC(=O)O)C(=O)NC(CCCCN)C(=O)N1CCCC1C(=O)O. The molecule has 0 aromatic rings. The number of carbonyl (C=O) groups is 5. The molecule has 5 atom stereocenters. The first-order valence-corrected chi connectivity index (χ1v) is 11.8. The Labute approximate surface area is 199 Å². The maximum Gasteiger partial charge on any atom is 0.326 e. The first-order valence-electron chi connectivity index (χ1n) is 11.8. The van der Waals surface area contributed by atoms with Gasteiger partial charge >= 0.3 is 11.9 Å². The number of carboxylic acids is 2. The van der Waals surface area contributed by atoms with Gasteiger partial charge in [0, 0.05) is 13.0 Å². The van der Waals surface area contributed by atoms with Crippen LogP contribution in [0.15, 0.2) is 0 Å². The topological polar surface area (TPSA) is 205 Å². The Morgan fingerprint density at radius 2 is 1.74 bits per heavy atom. The molecule has 8 N–H and O–H groups in total. The van der Waals surface area contributed by atoms with Crippen molar-refractivity contribution in [2.45, 2.75) is 89.4 Å². The molecule has 1 saturated heterocycles. The van der Waals surface area contributed by atoms with E-state index < -0.39 is 53.8 Å². The Balaban J connectivity index is 2.99. The number of nitrogens with zero attached hydrogens (tertiary/aromatic N) is 1. The molecule has 0 aliphatic carbocycles. The van der Waals surface area contributed by atoms with E-state index >= 15 is 0 Å². The second-order valence-corrected chi connectivity index (χ2v) is 8.78. The highest BCUT2D eigenvalue weighted by Gasteiger charge is 2.38. The number of unbranched alkanes of at least 4 members (excludes halogenated alkanes) is 1. The van der Waals surface area contributed by atoms with Crippen LogP contribution >= 0.6 is 0 Å². The van der Waals surface area contributed by atoms with Crippen LogP contribution in [-0.2, 0) is 24.0 Å². The molecule has 0 aromatic heterocycles. The Kier molecular flexibility index (Phi) is 12.5. The van der Waals surface area contributed by atoms with Crippen LogP contribution in [0.25, 0.3) is 0 Å². The van der Waals surface area contributed by atoms with Crippen LogP contribution in [0.2, 0.25) is 0 Å². The summed E-state index contributed by atoms with van der Waals surface area (Å²) in [6.07, 6.45) is 2.56. The number of aliphatic carboxylic acids is 2. The third-order valence-corrected chi connectivity index (χ3v) is 6.18. The Morgan fingerprint density at radius 3 is 2.29 bits per heavy atom. The molecule has 12 nitrogen and oxygen atoms in total. The number of hydrogen-bond donors (Lipinski definition) is 6. The molecule has 3 amide bonds. The van der Waals surface area contributed by atoms with Crippen molar-refractivity contribution in [3.8, 4) is 0 Å². The van der Waals surface area contributed by atoms with Gasteiger partial charge in [-0.25, -0.2) is 4.79 Å². The van der Waals surface area contributed by atoms with E-state index in [9.17, 15) is 29.1 Å². The summed E-state index contributed by atoms with van der Waals surface area (Å²) < 4.78 is 0. The number of rotatable bonds is 15. The molecule has 1 fully saturated rings. The third kappa shape index (κ3) is 8.90. The number of nitrogens with one attached hydrogen (secondary N) is 2. The normalized spacial score (nSPS) is 19.1. The monoisotopic (exact) mass is 485 g/mol. The van der Waals surface area contributed by atoms with Crippen molar-refractivity contribution < 1.29 is 34.2 Å². The zero-order chi connectivity index (χ0) is 25.8. The van der Waals surface area contributed by atoms with Crippen molar-refractivity contribution in [3.05, 3.63) is 0 Å². The fourth-order valence-corrected chi connectivity index (χ4v) is 3.87. The highest BCUT2D eigenvalue weighted by molar-refractivity contribution is 5.94. The fraction of sp³-hybridized carbons (Fsp3) is 0.773. The average molecular weight is 486 g/mol. The molecule has 0 aromatic carbocycles. The van der Waals surface area contributed by atoms with Gasteiger partial charge in [0.05, 0.1) is 6.04 Å². The lowest BCUT2D eigenvalue weighted by Crippen LogP contribution is -2.58. The summed E-state index contributed by atoms with van der Waals surface area (Å²) in [4.78, 5) is 62.4. The molecule has 194 valence electrons. The van der Waals surface area contributed by atoms with Gasteiger partial charge in [0.15, 0.2) is 0 Å². The fourth-order valence-electron chi connectivity index (χ4n) is 3.87. The molecule has 12 heteroatoms. The molecule has 34 heavy (non-hydrogen) atoms. The number of carboxylic acid groups (broad SMARTS) is 2. The quantitative estimate of drug-likeness (QED) is 0.163. The zero-order valence-corrected chi connectivity index (χ0v) is 20.0. The van der Waals surface area contributed by atoms with Gasteiger partial charge in [-0.05, 0) is 51.0 Å². The van der Waals surface area contributed by atoms with E-state index in [0.29, 0.717) is 45.2 Å². The van der Waals surface area contributed by atoms with Crippen LogP contribution in [0.5, 0.6) is 0 Å². The summed E-state index contributed by atoms with van der Waals surface area (Å²) in [5.41, 5.74) is 11.3. The van der Waals surface area contributed by atoms with Gasteiger partial charge in [-0.3, -0.25) is 19.2 Å². The van der Waals surface area contributed by atoms with Crippen LogP contribution in [0.1, 0.15) is 65.2 Å². The number of carbonyl (C=O) groups excluding carboxylic acids is 3. The summed E-state index contributed by atoms with van der Waals surface area (Å²) in [5.74, 6) is -4.17. The number of nitrogens with two attached hydrogens (primary N) is 2. The summed E-state index contributed by atoms with van der Waals surface area (Å²) in [5, 5.41) is 23.5. The van der Waals surface area contributed by atoms with Gasteiger partial charge in [0.2, 0.25) is 17.7 Å². The third-order valence-electron chi connectivity index (χ3n) is 6.18. The van der Waals surface area contributed by atoms with Crippen LogP contribution in [0.4, 0.5) is 0 Å². The van der Waals surface area contributed by atoms with Gasteiger partial charge in [0.1, 0.15) is 18.1 Å². The molecule has 0 radical (unpaired) electrons. The standard InChI is InChI=1S/C22H39N5O7/c1-3-13(2)18(26-19(30)14(24)9-10-17(28)29)20(31)25-15(7-4-5-11-23)21(32)27-12-6-8-16(27)22(33)34/h13-16,18H,3-12,23-24H2,1-2H3,(H,25,31)(H,26,30)(H,28,29)(H,33,34). The lowest BCUT2D eigenvalue weighted by Gasteiger charge is -2.30. The Bertz CT molecular complexity index is 732. The first kappa shape index (κ1) is 29.3. The van der Waals surface area contributed by atoms with E-state index in [-0.39, 0.29) is 25.2 Å². The summed E-state index contributed by atoms with van der Waals surface area (Å²) in [6.45, 7) is 4.31. The van der Waals surface area contributed by atoms with E-state index in [1.165, 1.54) is 4.90 Å². The number of hydrogen-bond acceptors (Lipinski definition) is 7. The van der Waals surface area contributed by atoms with Crippen molar-refractivity contribution in [1.29, 1.82) is 0 Å². The van der Waals surface area contributed by atoms with Gasteiger partial charge in [-0.1, -0.05) is 20.3 Å². The van der Waals surface area contributed by atoms with E-state index in [1.807, 2.05) is 6.92 Å². The lowest BCUT2D eigenvalue weighted by molar-refractivity contribution is -0.149. The smallest absolute Gasteiger partial charge is 0.326 e. The van der Waals surface area contributed by atoms with Crippen molar-refractivity contribution in [3.63, 3.8) is 0 Å². The molecule has 1 aliphatic heterocycles. The van der Waals surface area contributed by atoms with E-state index in [1.54, 1.807) is 6.92 Å². The molecular weight excluding hydrogens is 446 g/mol. The van der Waals surface area contributed by atoms with Crippen LogP contribution in [0, 0.1) is 5.92 Å². The predicted molar refractivity (Wildman–Crippen MR) is 123 cm³/mol. The second-order valence-electron chi connectivity index (χ2n) is 8.78. The Hall–Kier alpha value is -2.73. The molecular formula is C22H39N5O7. The van der Waals surface area contributed by atoms with Crippen LogP contribution in [-0.4, -0.2) is 82.0 Å². The molecule has 1 heterocycles. The van der Waals surface area contributed by atoms with E-state index in [4.69, 9.17) is 16.6 Å². The second kappa shape index (κ2) is 14.5. The number of amides is 3. The maximum absolute atomic E-state index is 13.2. The molecule has 0 bridgehead atoms. The van der Waals surface area contributed by atoms with Crippen LogP contribution < -0.4 is 22.1 Å². The molecule has 5 unspecified atom stereocenters. The first-order chi connectivity index (χ1) is 16.0. The molecule has 0 spiro atoms. The summed E-state index contributed by atoms with van der Waals surface area (Å²) >= 11 is 0. The van der Waals surface area contributed by atoms with E-state index in [2.05, 4.69) is 10.6 Å². The maximum atomic E-state index is 13.2. The summed E-state index contributed by atoms with van der Waals surface area (Å²) in [7, 11) is 0. The minimum absolute atomic E-state index is 0.0816. The van der Waals surface area contributed by atoms with Crippen molar-refractivity contribution in [2.24, 2.45) is 17.4 Å². The van der Waals surface area contributed by atoms with Crippen molar-refractivity contribution in [1.82, 2.24) is 15.5 Å². The predicted octanol–water partition coefficient (Wildman–Crippen LogP) is -0.601. The van der Waals surface area contributed by atoms with Crippen LogP contribution in [0.3, 0.4) is 0 Å². The van der Waals surface area contributed by atoms with Gasteiger partial charge < -0.3 is 37.2 Å². The average Bonchev–Trinajstić information content (AvgIpc) is 3.29. The molecule has 1 aliphatic rings. The lowest BCUT2D eigenvalue weighted by atomic mass is 9.96. The Morgan fingerprint density at radius 1 is 1.06 bits per heavy atom. The zero-order valence-electron chi connectivity index (χ0n) is 20.0. The molecule has 0 saturated carbocycles. The van der Waals surface area contributed by atoms with Crippen molar-refractivity contribution in [2.75, 3.05) is 13.1 Å². The number of likely N-dealkylation sites (tertiary alicyclic amines) is 1. The van der Waals surface area contributed by atoms with Gasteiger partial charge in [-0.2, -0.15) is 0 Å². The minimum atomic E-state index is -1.10. The van der Waals surface area contributed by atoms with Crippen molar-refractivity contribution >= 4 is 29.7 Å².